The van der Waals surface area contributed by atoms with Crippen molar-refractivity contribution in [2.75, 3.05) is 18.9 Å². The maximum absolute atomic E-state index is 12.7. The van der Waals surface area contributed by atoms with E-state index in [1.165, 1.54) is 0 Å². The molecule has 7 heteroatoms. The van der Waals surface area contributed by atoms with Gasteiger partial charge in [0, 0.05) is 42.6 Å². The van der Waals surface area contributed by atoms with Gasteiger partial charge in [0.2, 0.25) is 0 Å². The Balaban J connectivity index is 1.83. The van der Waals surface area contributed by atoms with Gasteiger partial charge in [-0.25, -0.2) is 0 Å². The number of nitrogens with zero attached hydrogens (tertiary/aromatic N) is 2. The average molecular weight is 425 g/mol. The van der Waals surface area contributed by atoms with Crippen LogP contribution in [0.2, 0.25) is 0 Å². The Hall–Kier alpha value is -4.26. The molecule has 0 radical (unpaired) electrons. The van der Waals surface area contributed by atoms with Crippen LogP contribution in [0.3, 0.4) is 0 Å². The Morgan fingerprint density at radius 3 is 2.41 bits per heavy atom. The standard InChI is InChI=1S/C25H23N5O2/c1-3-27-25(32)20-15-29-22-12-9-16(21-11-10-17(14-28-21)24(31)26-2)13-19(22)23(20)30-18-7-5-4-6-8-18/h4-15H,3H2,1-2H3,(H,26,31)(H,27,32)(H,29,30). The fraction of sp³-hybridized carbons (Fsp3) is 0.120. The van der Waals surface area contributed by atoms with Gasteiger partial charge in [-0.05, 0) is 43.3 Å². The minimum absolute atomic E-state index is 0.187. The fourth-order valence-electron chi connectivity index (χ4n) is 3.42. The Bertz CT molecular complexity index is 1270. The Morgan fingerprint density at radius 1 is 0.906 bits per heavy atom. The van der Waals surface area contributed by atoms with Gasteiger partial charge in [0.1, 0.15) is 0 Å². The molecule has 0 saturated heterocycles. The van der Waals surface area contributed by atoms with Crippen molar-refractivity contribution < 1.29 is 9.59 Å². The molecule has 7 nitrogen and oxygen atoms in total. The van der Waals surface area contributed by atoms with Crippen molar-refractivity contribution >= 4 is 34.1 Å². The van der Waals surface area contributed by atoms with E-state index in [9.17, 15) is 9.59 Å². The molecule has 2 heterocycles. The first-order valence-corrected chi connectivity index (χ1v) is 10.3. The molecule has 2 aromatic carbocycles. The molecule has 4 aromatic rings. The summed E-state index contributed by atoms with van der Waals surface area (Å²) >= 11 is 0. The van der Waals surface area contributed by atoms with E-state index < -0.39 is 0 Å². The van der Waals surface area contributed by atoms with Crippen LogP contribution in [0.25, 0.3) is 22.2 Å². The lowest BCUT2D eigenvalue weighted by Gasteiger charge is -2.15. The zero-order valence-corrected chi connectivity index (χ0v) is 17.8. The summed E-state index contributed by atoms with van der Waals surface area (Å²) in [5, 5.41) is 9.63. The molecule has 0 unspecified atom stereocenters. The van der Waals surface area contributed by atoms with Gasteiger partial charge in [-0.2, -0.15) is 0 Å². The number of para-hydroxylation sites is 1. The van der Waals surface area contributed by atoms with Crippen molar-refractivity contribution in [1.29, 1.82) is 0 Å². The summed E-state index contributed by atoms with van der Waals surface area (Å²) < 4.78 is 0. The number of carbonyl (C=O) groups is 2. The van der Waals surface area contributed by atoms with E-state index in [2.05, 4.69) is 25.9 Å². The largest absolute Gasteiger partial charge is 0.355 e. The molecular formula is C25H23N5O2. The van der Waals surface area contributed by atoms with Crippen LogP contribution < -0.4 is 16.0 Å². The topological polar surface area (TPSA) is 96.0 Å². The lowest BCUT2D eigenvalue weighted by Crippen LogP contribution is -2.23. The first kappa shape index (κ1) is 21.0. The molecule has 0 bridgehead atoms. The number of anilines is 2. The van der Waals surface area contributed by atoms with E-state index in [0.29, 0.717) is 29.1 Å². The number of pyridine rings is 2. The molecule has 0 aliphatic carbocycles. The quantitative estimate of drug-likeness (QED) is 0.431. The second kappa shape index (κ2) is 9.26. The minimum atomic E-state index is -0.196. The number of nitrogens with one attached hydrogen (secondary N) is 3. The van der Waals surface area contributed by atoms with Crippen LogP contribution in [-0.4, -0.2) is 35.4 Å². The van der Waals surface area contributed by atoms with Crippen LogP contribution in [0.5, 0.6) is 0 Å². The summed E-state index contributed by atoms with van der Waals surface area (Å²) in [4.78, 5) is 33.5. The highest BCUT2D eigenvalue weighted by atomic mass is 16.2. The summed E-state index contributed by atoms with van der Waals surface area (Å²) in [7, 11) is 1.58. The fourth-order valence-corrected chi connectivity index (χ4v) is 3.42. The van der Waals surface area contributed by atoms with Gasteiger partial charge in [-0.1, -0.05) is 24.3 Å². The summed E-state index contributed by atoms with van der Waals surface area (Å²) in [5.41, 5.74) is 4.81. The molecule has 2 amide bonds. The Morgan fingerprint density at radius 2 is 1.72 bits per heavy atom. The van der Waals surface area contributed by atoms with Gasteiger partial charge in [-0.3, -0.25) is 19.6 Å². The van der Waals surface area contributed by atoms with Gasteiger partial charge in [0.05, 0.1) is 28.0 Å². The second-order valence-corrected chi connectivity index (χ2v) is 7.14. The van der Waals surface area contributed by atoms with E-state index in [-0.39, 0.29) is 11.8 Å². The number of rotatable bonds is 6. The van der Waals surface area contributed by atoms with Gasteiger partial charge in [0.25, 0.3) is 11.8 Å². The minimum Gasteiger partial charge on any atom is -0.355 e. The van der Waals surface area contributed by atoms with Gasteiger partial charge in [-0.15, -0.1) is 0 Å². The summed E-state index contributed by atoms with van der Waals surface area (Å²) in [5.74, 6) is -0.383. The van der Waals surface area contributed by atoms with Crippen molar-refractivity contribution in [3.8, 4) is 11.3 Å². The molecule has 3 N–H and O–H groups in total. The maximum atomic E-state index is 12.7. The van der Waals surface area contributed by atoms with Crippen LogP contribution >= 0.6 is 0 Å². The number of hydrogen-bond donors (Lipinski definition) is 3. The third kappa shape index (κ3) is 4.27. The third-order valence-corrected chi connectivity index (χ3v) is 5.04. The highest BCUT2D eigenvalue weighted by Gasteiger charge is 2.16. The molecule has 0 saturated carbocycles. The van der Waals surface area contributed by atoms with Crippen LogP contribution in [0.4, 0.5) is 11.4 Å². The SMILES string of the molecule is CCNC(=O)c1cnc2ccc(-c3ccc(C(=O)NC)cn3)cc2c1Nc1ccccc1. The first-order valence-electron chi connectivity index (χ1n) is 10.3. The molecule has 160 valence electrons. The number of amides is 2. The maximum Gasteiger partial charge on any atom is 0.254 e. The van der Waals surface area contributed by atoms with E-state index in [4.69, 9.17) is 0 Å². The summed E-state index contributed by atoms with van der Waals surface area (Å²) in [6.45, 7) is 2.40. The lowest BCUT2D eigenvalue weighted by molar-refractivity contribution is 0.0951. The van der Waals surface area contributed by atoms with Gasteiger partial charge in [0.15, 0.2) is 0 Å². The number of carbonyl (C=O) groups excluding carboxylic acids is 2. The summed E-state index contributed by atoms with van der Waals surface area (Å²) in [6, 6.07) is 19.0. The first-order chi connectivity index (χ1) is 15.6. The highest BCUT2D eigenvalue weighted by Crippen LogP contribution is 2.32. The number of aromatic nitrogens is 2. The number of benzene rings is 2. The molecule has 0 atom stereocenters. The molecule has 0 spiro atoms. The predicted octanol–water partition coefficient (Wildman–Crippen LogP) is 4.15. The van der Waals surface area contributed by atoms with Gasteiger partial charge >= 0.3 is 0 Å². The van der Waals surface area contributed by atoms with Gasteiger partial charge < -0.3 is 16.0 Å². The molecule has 32 heavy (non-hydrogen) atoms. The molecule has 2 aromatic heterocycles. The molecule has 0 aliphatic heterocycles. The Kier molecular flexibility index (Phi) is 6.07. The van der Waals surface area contributed by atoms with E-state index in [1.54, 1.807) is 31.6 Å². The van der Waals surface area contributed by atoms with Crippen molar-refractivity contribution in [3.63, 3.8) is 0 Å². The second-order valence-electron chi connectivity index (χ2n) is 7.14. The molecule has 4 rings (SSSR count). The van der Waals surface area contributed by atoms with Crippen LogP contribution in [-0.2, 0) is 0 Å². The van der Waals surface area contributed by atoms with Crippen molar-refractivity contribution in [3.05, 3.63) is 84.2 Å². The molecule has 0 aliphatic rings. The number of fused-ring (bicyclic) bond motifs is 1. The summed E-state index contributed by atoms with van der Waals surface area (Å²) in [6.07, 6.45) is 3.14. The van der Waals surface area contributed by atoms with Crippen LogP contribution in [0.15, 0.2) is 73.1 Å². The zero-order chi connectivity index (χ0) is 22.5. The Labute approximate surface area is 185 Å². The third-order valence-electron chi connectivity index (χ3n) is 5.04. The monoisotopic (exact) mass is 425 g/mol. The highest BCUT2D eigenvalue weighted by molar-refractivity contribution is 6.08. The smallest absolute Gasteiger partial charge is 0.254 e. The van der Waals surface area contributed by atoms with E-state index in [0.717, 1.165) is 22.2 Å². The van der Waals surface area contributed by atoms with Crippen molar-refractivity contribution in [2.24, 2.45) is 0 Å². The normalized spacial score (nSPS) is 10.6. The van der Waals surface area contributed by atoms with Crippen LogP contribution in [0.1, 0.15) is 27.6 Å². The van der Waals surface area contributed by atoms with E-state index in [1.807, 2.05) is 55.5 Å². The average Bonchev–Trinajstić information content (AvgIpc) is 2.84. The van der Waals surface area contributed by atoms with E-state index >= 15 is 0 Å². The zero-order valence-electron chi connectivity index (χ0n) is 17.8. The molecular weight excluding hydrogens is 402 g/mol. The van der Waals surface area contributed by atoms with Crippen molar-refractivity contribution in [2.45, 2.75) is 6.92 Å². The lowest BCUT2D eigenvalue weighted by atomic mass is 10.0. The van der Waals surface area contributed by atoms with Crippen LogP contribution in [0, 0.1) is 0 Å². The predicted molar refractivity (Wildman–Crippen MR) is 126 cm³/mol. The van der Waals surface area contributed by atoms with Crippen molar-refractivity contribution in [1.82, 2.24) is 20.6 Å². The number of hydrogen-bond acceptors (Lipinski definition) is 5. The molecule has 0 fully saturated rings.